The lowest BCUT2D eigenvalue weighted by molar-refractivity contribution is -0.125. The summed E-state index contributed by atoms with van der Waals surface area (Å²) in [5.74, 6) is -0.897. The molecule has 1 fully saturated rings. The van der Waals surface area contributed by atoms with Gasteiger partial charge in [0.25, 0.3) is 17.7 Å². The van der Waals surface area contributed by atoms with Crippen molar-refractivity contribution >= 4 is 56.3 Å². The second kappa shape index (κ2) is 7.45. The molecule has 1 saturated heterocycles. The molecule has 2 aromatic heterocycles. The molecule has 3 heterocycles. The van der Waals surface area contributed by atoms with E-state index in [1.807, 2.05) is 11.4 Å². The first-order valence-electron chi connectivity index (χ1n) is 7.26. The number of nitrogens with one attached hydrogen (secondary N) is 2. The highest BCUT2D eigenvalue weighted by atomic mass is 79.9. The Hall–Kier alpha value is -1.71. The Bertz CT molecular complexity index is 760. The van der Waals surface area contributed by atoms with E-state index in [-0.39, 0.29) is 17.7 Å². The third kappa shape index (κ3) is 3.68. The molecule has 1 aliphatic rings. The molecule has 126 valence electrons. The highest BCUT2D eigenvalue weighted by Crippen LogP contribution is 2.23. The minimum absolute atomic E-state index is 0.142. The van der Waals surface area contributed by atoms with Crippen LogP contribution < -0.4 is 10.9 Å². The van der Waals surface area contributed by atoms with Gasteiger partial charge in [0.2, 0.25) is 0 Å². The molecular formula is C15H14BrN3O3S2. The van der Waals surface area contributed by atoms with Gasteiger partial charge in [-0.2, -0.15) is 0 Å². The summed E-state index contributed by atoms with van der Waals surface area (Å²) in [7, 11) is 0. The summed E-state index contributed by atoms with van der Waals surface area (Å²) in [6.07, 6.45) is 1.35. The number of amides is 3. The first-order valence-corrected chi connectivity index (χ1v) is 9.75. The Balaban J connectivity index is 1.59. The van der Waals surface area contributed by atoms with Gasteiger partial charge in [0.1, 0.15) is 6.04 Å². The van der Waals surface area contributed by atoms with Crippen LogP contribution in [0.3, 0.4) is 0 Å². The van der Waals surface area contributed by atoms with Crippen molar-refractivity contribution < 1.29 is 14.4 Å². The summed E-state index contributed by atoms with van der Waals surface area (Å²) >= 11 is 5.91. The van der Waals surface area contributed by atoms with Crippen molar-refractivity contribution in [1.82, 2.24) is 15.8 Å². The van der Waals surface area contributed by atoms with Gasteiger partial charge >= 0.3 is 0 Å². The highest BCUT2D eigenvalue weighted by Gasteiger charge is 2.35. The van der Waals surface area contributed by atoms with E-state index >= 15 is 0 Å². The van der Waals surface area contributed by atoms with Crippen LogP contribution in [0.25, 0.3) is 0 Å². The van der Waals surface area contributed by atoms with Crippen molar-refractivity contribution in [2.45, 2.75) is 18.9 Å². The van der Waals surface area contributed by atoms with Gasteiger partial charge in [0, 0.05) is 6.54 Å². The fourth-order valence-electron chi connectivity index (χ4n) is 2.52. The van der Waals surface area contributed by atoms with Crippen LogP contribution in [0.2, 0.25) is 0 Å². The van der Waals surface area contributed by atoms with E-state index in [1.54, 1.807) is 23.1 Å². The molecule has 6 nitrogen and oxygen atoms in total. The zero-order chi connectivity index (χ0) is 17.1. The van der Waals surface area contributed by atoms with E-state index in [0.717, 1.165) is 10.2 Å². The van der Waals surface area contributed by atoms with Crippen molar-refractivity contribution in [2.24, 2.45) is 0 Å². The first kappa shape index (κ1) is 17.1. The quantitative estimate of drug-likeness (QED) is 0.738. The molecule has 0 spiro atoms. The second-order valence-electron chi connectivity index (χ2n) is 5.18. The molecule has 0 aromatic carbocycles. The van der Waals surface area contributed by atoms with Gasteiger partial charge in [-0.3, -0.25) is 25.2 Å². The molecule has 0 bridgehead atoms. The lowest BCUT2D eigenvalue weighted by Gasteiger charge is -2.23. The Morgan fingerprint density at radius 3 is 2.67 bits per heavy atom. The third-order valence-electron chi connectivity index (χ3n) is 3.64. The lowest BCUT2D eigenvalue weighted by Crippen LogP contribution is -2.51. The first-order chi connectivity index (χ1) is 11.6. The molecule has 1 atom stereocenters. The average molecular weight is 428 g/mol. The van der Waals surface area contributed by atoms with Crippen molar-refractivity contribution in [3.63, 3.8) is 0 Å². The summed E-state index contributed by atoms with van der Waals surface area (Å²) < 4.78 is 0.836. The predicted molar refractivity (Wildman–Crippen MR) is 96.0 cm³/mol. The van der Waals surface area contributed by atoms with Crippen LogP contribution in [-0.2, 0) is 4.79 Å². The largest absolute Gasteiger partial charge is 0.326 e. The number of hydrogen-bond acceptors (Lipinski definition) is 5. The SMILES string of the molecule is O=C(NNC(=O)[C@@H]1CCCN1C(=O)c1cccs1)c1ccc(Br)s1. The van der Waals surface area contributed by atoms with E-state index < -0.39 is 6.04 Å². The van der Waals surface area contributed by atoms with Crippen LogP contribution in [0.4, 0.5) is 0 Å². The van der Waals surface area contributed by atoms with Crippen molar-refractivity contribution in [1.29, 1.82) is 0 Å². The van der Waals surface area contributed by atoms with Crippen LogP contribution >= 0.6 is 38.6 Å². The van der Waals surface area contributed by atoms with Crippen molar-refractivity contribution in [3.8, 4) is 0 Å². The van der Waals surface area contributed by atoms with Crippen LogP contribution in [0.15, 0.2) is 33.4 Å². The van der Waals surface area contributed by atoms with Crippen molar-refractivity contribution in [3.05, 3.63) is 43.2 Å². The number of carbonyl (C=O) groups is 3. The van der Waals surface area contributed by atoms with Crippen LogP contribution in [0.5, 0.6) is 0 Å². The molecule has 24 heavy (non-hydrogen) atoms. The molecule has 0 radical (unpaired) electrons. The smallest absolute Gasteiger partial charge is 0.279 e. The lowest BCUT2D eigenvalue weighted by atomic mass is 10.2. The fraction of sp³-hybridized carbons (Fsp3) is 0.267. The number of nitrogens with zero attached hydrogens (tertiary/aromatic N) is 1. The number of hydrazine groups is 1. The number of hydrogen-bond donors (Lipinski definition) is 2. The number of thiophene rings is 2. The molecular weight excluding hydrogens is 414 g/mol. The van der Waals surface area contributed by atoms with Crippen LogP contribution in [-0.4, -0.2) is 35.2 Å². The maximum Gasteiger partial charge on any atom is 0.279 e. The molecule has 1 aliphatic heterocycles. The summed E-state index contributed by atoms with van der Waals surface area (Å²) in [5.41, 5.74) is 4.82. The zero-order valence-corrected chi connectivity index (χ0v) is 15.7. The van der Waals surface area contributed by atoms with Crippen LogP contribution in [0.1, 0.15) is 32.2 Å². The molecule has 0 saturated carbocycles. The molecule has 2 N–H and O–H groups in total. The van der Waals surface area contributed by atoms with Gasteiger partial charge in [-0.1, -0.05) is 6.07 Å². The minimum atomic E-state index is -0.560. The number of halogens is 1. The van der Waals surface area contributed by atoms with Gasteiger partial charge in [-0.25, -0.2) is 0 Å². The van der Waals surface area contributed by atoms with E-state index in [2.05, 4.69) is 26.8 Å². The standard InChI is InChI=1S/C15H14BrN3O3S2/c16-12-6-5-10(24-12)14(21)18-17-13(20)9-3-1-7-19(9)15(22)11-4-2-8-23-11/h2,4-6,8-9H,1,3,7H2,(H,17,20)(H,18,21)/t9-/m0/s1. The predicted octanol–water partition coefficient (Wildman–Crippen LogP) is 2.64. The minimum Gasteiger partial charge on any atom is -0.326 e. The molecule has 0 aliphatic carbocycles. The monoisotopic (exact) mass is 427 g/mol. The molecule has 0 unspecified atom stereocenters. The van der Waals surface area contributed by atoms with E-state index in [1.165, 1.54) is 22.7 Å². The van der Waals surface area contributed by atoms with Gasteiger partial charge in [0.05, 0.1) is 13.5 Å². The van der Waals surface area contributed by atoms with Crippen LogP contribution in [0, 0.1) is 0 Å². The number of carbonyl (C=O) groups excluding carboxylic acids is 3. The van der Waals surface area contributed by atoms with Gasteiger partial charge in [0.15, 0.2) is 0 Å². The molecule has 3 rings (SSSR count). The Morgan fingerprint density at radius 2 is 2.00 bits per heavy atom. The van der Waals surface area contributed by atoms with Gasteiger partial charge in [-0.05, 0) is 52.4 Å². The topological polar surface area (TPSA) is 78.5 Å². The Labute approximate surface area is 154 Å². The summed E-state index contributed by atoms with van der Waals surface area (Å²) in [6, 6.07) is 6.42. The normalized spacial score (nSPS) is 16.9. The van der Waals surface area contributed by atoms with Gasteiger partial charge < -0.3 is 4.90 Å². The second-order valence-corrected chi connectivity index (χ2v) is 8.59. The van der Waals surface area contributed by atoms with E-state index in [4.69, 9.17) is 0 Å². The summed E-state index contributed by atoms with van der Waals surface area (Å²) in [5, 5.41) is 1.83. The summed E-state index contributed by atoms with van der Waals surface area (Å²) in [6.45, 7) is 0.542. The van der Waals surface area contributed by atoms with E-state index in [0.29, 0.717) is 22.7 Å². The maximum absolute atomic E-state index is 12.5. The van der Waals surface area contributed by atoms with Gasteiger partial charge in [-0.15, -0.1) is 22.7 Å². The number of likely N-dealkylation sites (tertiary alicyclic amines) is 1. The molecule has 9 heteroatoms. The highest BCUT2D eigenvalue weighted by molar-refractivity contribution is 9.11. The fourth-order valence-corrected chi connectivity index (χ4v) is 4.48. The third-order valence-corrected chi connectivity index (χ3v) is 6.12. The summed E-state index contributed by atoms with van der Waals surface area (Å²) in [4.78, 5) is 39.4. The Kier molecular flexibility index (Phi) is 5.32. The maximum atomic E-state index is 12.5. The van der Waals surface area contributed by atoms with Crippen molar-refractivity contribution in [2.75, 3.05) is 6.54 Å². The van der Waals surface area contributed by atoms with E-state index in [9.17, 15) is 14.4 Å². The zero-order valence-electron chi connectivity index (χ0n) is 12.5. The molecule has 3 amide bonds. The molecule has 2 aromatic rings. The Morgan fingerprint density at radius 1 is 1.17 bits per heavy atom. The number of rotatable bonds is 3. The average Bonchev–Trinajstić information content (AvgIpc) is 3.31.